The van der Waals surface area contributed by atoms with E-state index in [1.165, 1.54) is 13.2 Å². The Morgan fingerprint density at radius 1 is 1.43 bits per heavy atom. The number of rotatable bonds is 3. The molecule has 0 amide bonds. The lowest BCUT2D eigenvalue weighted by Crippen LogP contribution is -2.36. The van der Waals surface area contributed by atoms with E-state index in [4.69, 9.17) is 4.74 Å². The van der Waals surface area contributed by atoms with Gasteiger partial charge in [-0.1, -0.05) is 18.2 Å². The highest BCUT2D eigenvalue weighted by Crippen LogP contribution is 2.27. The van der Waals surface area contributed by atoms with E-state index in [0.29, 0.717) is 0 Å². The molecule has 0 aromatic heterocycles. The van der Waals surface area contributed by atoms with Gasteiger partial charge >= 0.3 is 0 Å². The molecular weight excluding hydrogens is 183 g/mol. The van der Waals surface area contributed by atoms with Crippen LogP contribution in [0.3, 0.4) is 0 Å². The average molecular weight is 198 g/mol. The van der Waals surface area contributed by atoms with Crippen LogP contribution in [0, 0.1) is 5.82 Å². The molecule has 2 unspecified atom stereocenters. The second kappa shape index (κ2) is 4.07. The van der Waals surface area contributed by atoms with Gasteiger partial charge in [0.1, 0.15) is 11.4 Å². The maximum Gasteiger partial charge on any atom is 0.129 e. The molecule has 0 radical (unpaired) electrons. The van der Waals surface area contributed by atoms with E-state index in [1.54, 1.807) is 32.0 Å². The van der Waals surface area contributed by atoms with Crippen LogP contribution in [0.1, 0.15) is 19.4 Å². The van der Waals surface area contributed by atoms with E-state index in [-0.39, 0.29) is 5.56 Å². The molecule has 0 spiro atoms. The van der Waals surface area contributed by atoms with Gasteiger partial charge in [0.25, 0.3) is 0 Å². The smallest absolute Gasteiger partial charge is 0.129 e. The van der Waals surface area contributed by atoms with E-state index >= 15 is 0 Å². The number of benzene rings is 1. The van der Waals surface area contributed by atoms with Gasteiger partial charge in [-0.05, 0) is 19.9 Å². The van der Waals surface area contributed by atoms with Crippen LogP contribution in [-0.2, 0) is 10.3 Å². The molecule has 0 saturated heterocycles. The van der Waals surface area contributed by atoms with E-state index in [9.17, 15) is 9.50 Å². The second-order valence-corrected chi connectivity index (χ2v) is 3.51. The molecule has 0 fully saturated rings. The van der Waals surface area contributed by atoms with Crippen LogP contribution in [0.2, 0.25) is 0 Å². The molecule has 0 aliphatic rings. The predicted molar refractivity (Wildman–Crippen MR) is 52.4 cm³/mol. The van der Waals surface area contributed by atoms with Crippen LogP contribution in [0.4, 0.5) is 4.39 Å². The topological polar surface area (TPSA) is 29.5 Å². The van der Waals surface area contributed by atoms with Gasteiger partial charge in [0.05, 0.1) is 6.10 Å². The van der Waals surface area contributed by atoms with Gasteiger partial charge < -0.3 is 9.84 Å². The maximum absolute atomic E-state index is 13.4. The van der Waals surface area contributed by atoms with Crippen molar-refractivity contribution < 1.29 is 14.2 Å². The van der Waals surface area contributed by atoms with Gasteiger partial charge in [-0.25, -0.2) is 4.39 Å². The van der Waals surface area contributed by atoms with Crippen LogP contribution >= 0.6 is 0 Å². The molecular formula is C11H15FO2. The fourth-order valence-corrected chi connectivity index (χ4v) is 1.32. The molecule has 78 valence electrons. The summed E-state index contributed by atoms with van der Waals surface area (Å²) in [6.45, 7) is 3.24. The molecule has 0 heterocycles. The summed E-state index contributed by atoms with van der Waals surface area (Å²) in [6.07, 6.45) is -0.459. The number of ether oxygens (including phenoxy) is 1. The Kier molecular flexibility index (Phi) is 3.24. The lowest BCUT2D eigenvalue weighted by atomic mass is 9.90. The molecule has 1 aromatic rings. The standard InChI is InChI=1S/C11H15FO2/c1-8(14-3)11(2,13)9-6-4-5-7-10(9)12/h4-8,13H,1-3H3. The van der Waals surface area contributed by atoms with Crippen molar-refractivity contribution in [2.75, 3.05) is 7.11 Å². The van der Waals surface area contributed by atoms with Crippen LogP contribution in [0.25, 0.3) is 0 Å². The summed E-state index contributed by atoms with van der Waals surface area (Å²) in [4.78, 5) is 0. The van der Waals surface area contributed by atoms with E-state index < -0.39 is 17.5 Å². The molecule has 14 heavy (non-hydrogen) atoms. The SMILES string of the molecule is COC(C)C(C)(O)c1ccccc1F. The lowest BCUT2D eigenvalue weighted by Gasteiger charge is -2.29. The summed E-state index contributed by atoms with van der Waals surface area (Å²) in [5.41, 5.74) is -1.05. The van der Waals surface area contributed by atoms with Crippen molar-refractivity contribution in [3.05, 3.63) is 35.6 Å². The summed E-state index contributed by atoms with van der Waals surface area (Å²) >= 11 is 0. The highest BCUT2D eigenvalue weighted by atomic mass is 19.1. The number of methoxy groups -OCH3 is 1. The Bertz CT molecular complexity index is 310. The van der Waals surface area contributed by atoms with Gasteiger partial charge in [0.15, 0.2) is 0 Å². The molecule has 1 N–H and O–H groups in total. The molecule has 0 saturated carbocycles. The molecule has 0 bridgehead atoms. The van der Waals surface area contributed by atoms with Crippen molar-refractivity contribution in [1.82, 2.24) is 0 Å². The monoisotopic (exact) mass is 198 g/mol. The van der Waals surface area contributed by atoms with E-state index in [2.05, 4.69) is 0 Å². The quantitative estimate of drug-likeness (QED) is 0.805. The zero-order chi connectivity index (χ0) is 10.8. The normalized spacial score (nSPS) is 17.5. The minimum Gasteiger partial charge on any atom is -0.383 e. The number of aliphatic hydroxyl groups is 1. The summed E-state index contributed by atoms with van der Waals surface area (Å²) < 4.78 is 18.4. The number of hydrogen-bond donors (Lipinski definition) is 1. The Balaban J connectivity index is 3.09. The predicted octanol–water partition coefficient (Wildman–Crippen LogP) is 2.07. The van der Waals surface area contributed by atoms with Crippen molar-refractivity contribution in [2.45, 2.75) is 25.6 Å². The Hall–Kier alpha value is -0.930. The van der Waals surface area contributed by atoms with Crippen molar-refractivity contribution >= 4 is 0 Å². The Labute approximate surface area is 83.3 Å². The molecule has 2 atom stereocenters. The van der Waals surface area contributed by atoms with Crippen LogP contribution < -0.4 is 0 Å². The maximum atomic E-state index is 13.4. The van der Waals surface area contributed by atoms with Crippen LogP contribution in [0.15, 0.2) is 24.3 Å². The third-order valence-corrected chi connectivity index (χ3v) is 2.56. The van der Waals surface area contributed by atoms with Crippen molar-refractivity contribution in [1.29, 1.82) is 0 Å². The summed E-state index contributed by atoms with van der Waals surface area (Å²) in [6, 6.07) is 6.17. The first kappa shape index (κ1) is 11.1. The fraction of sp³-hybridized carbons (Fsp3) is 0.455. The fourth-order valence-electron chi connectivity index (χ4n) is 1.32. The van der Waals surface area contributed by atoms with Crippen molar-refractivity contribution in [2.24, 2.45) is 0 Å². The lowest BCUT2D eigenvalue weighted by molar-refractivity contribution is -0.0790. The van der Waals surface area contributed by atoms with Crippen LogP contribution in [0.5, 0.6) is 0 Å². The minimum absolute atomic E-state index is 0.259. The first-order valence-electron chi connectivity index (χ1n) is 4.50. The summed E-state index contributed by atoms with van der Waals surface area (Å²) in [5.74, 6) is -0.415. The largest absolute Gasteiger partial charge is 0.383 e. The first-order chi connectivity index (χ1) is 6.50. The van der Waals surface area contributed by atoms with Gasteiger partial charge in [0, 0.05) is 12.7 Å². The third kappa shape index (κ3) is 1.94. The molecule has 2 nitrogen and oxygen atoms in total. The molecule has 3 heteroatoms. The van der Waals surface area contributed by atoms with Gasteiger partial charge in [-0.15, -0.1) is 0 Å². The van der Waals surface area contributed by atoms with E-state index in [1.807, 2.05) is 0 Å². The average Bonchev–Trinajstić information content (AvgIpc) is 2.17. The zero-order valence-electron chi connectivity index (χ0n) is 8.62. The highest BCUT2D eigenvalue weighted by Gasteiger charge is 2.32. The summed E-state index contributed by atoms with van der Waals surface area (Å²) in [5, 5.41) is 10.1. The molecule has 0 aliphatic heterocycles. The van der Waals surface area contributed by atoms with Gasteiger partial charge in [-0.2, -0.15) is 0 Å². The Morgan fingerprint density at radius 2 is 2.00 bits per heavy atom. The highest BCUT2D eigenvalue weighted by molar-refractivity contribution is 5.24. The number of halogens is 1. The molecule has 0 aliphatic carbocycles. The zero-order valence-corrected chi connectivity index (χ0v) is 8.62. The van der Waals surface area contributed by atoms with Gasteiger partial charge in [0.2, 0.25) is 0 Å². The Morgan fingerprint density at radius 3 is 2.50 bits per heavy atom. The second-order valence-electron chi connectivity index (χ2n) is 3.51. The summed E-state index contributed by atoms with van der Waals surface area (Å²) in [7, 11) is 1.49. The minimum atomic E-state index is -1.31. The molecule has 1 aromatic carbocycles. The van der Waals surface area contributed by atoms with Crippen LogP contribution in [-0.4, -0.2) is 18.3 Å². The van der Waals surface area contributed by atoms with Crippen molar-refractivity contribution in [3.63, 3.8) is 0 Å². The van der Waals surface area contributed by atoms with Gasteiger partial charge in [-0.3, -0.25) is 0 Å². The van der Waals surface area contributed by atoms with Crippen molar-refractivity contribution in [3.8, 4) is 0 Å². The third-order valence-electron chi connectivity index (χ3n) is 2.56. The van der Waals surface area contributed by atoms with E-state index in [0.717, 1.165) is 0 Å². The number of hydrogen-bond acceptors (Lipinski definition) is 2. The first-order valence-corrected chi connectivity index (χ1v) is 4.50. The molecule has 1 rings (SSSR count).